The summed E-state index contributed by atoms with van der Waals surface area (Å²) in [5, 5.41) is 12.2. The first-order valence-corrected chi connectivity index (χ1v) is 14.0. The summed E-state index contributed by atoms with van der Waals surface area (Å²) in [6, 6.07) is 2.26. The molecular formula is C20H28N4O3S3. The number of thioether (sulfide) groups is 1. The molecule has 164 valence electrons. The molecule has 0 aromatic carbocycles. The smallest absolute Gasteiger partial charge is 0.230 e. The maximum absolute atomic E-state index is 12.4. The molecule has 1 saturated heterocycles. The molecule has 0 saturated carbocycles. The average Bonchev–Trinajstić information content (AvgIpc) is 3.34. The predicted molar refractivity (Wildman–Crippen MR) is 121 cm³/mol. The Hall–Kier alpha value is -1.39. The predicted octanol–water partition coefficient (Wildman–Crippen LogP) is 2.84. The van der Waals surface area contributed by atoms with Crippen LogP contribution in [0.2, 0.25) is 0 Å². The van der Waals surface area contributed by atoms with Crippen LogP contribution in [0.3, 0.4) is 0 Å². The Balaban J connectivity index is 1.40. The largest absolute Gasteiger partial charge is 0.349 e. The van der Waals surface area contributed by atoms with E-state index in [0.717, 1.165) is 29.5 Å². The molecule has 2 aromatic rings. The first-order valence-electron chi connectivity index (χ1n) is 10.3. The van der Waals surface area contributed by atoms with Crippen molar-refractivity contribution in [2.45, 2.75) is 56.6 Å². The quantitative estimate of drug-likeness (QED) is 0.655. The third-order valence-electron chi connectivity index (χ3n) is 6.09. The molecule has 30 heavy (non-hydrogen) atoms. The Labute approximate surface area is 186 Å². The van der Waals surface area contributed by atoms with Crippen LogP contribution >= 0.6 is 23.1 Å². The van der Waals surface area contributed by atoms with Gasteiger partial charge in [-0.25, -0.2) is 8.42 Å². The highest BCUT2D eigenvalue weighted by molar-refractivity contribution is 7.99. The minimum absolute atomic E-state index is 0.00640. The maximum Gasteiger partial charge on any atom is 0.230 e. The van der Waals surface area contributed by atoms with Gasteiger partial charge in [0.05, 0.1) is 27.7 Å². The van der Waals surface area contributed by atoms with Crippen LogP contribution in [0.4, 0.5) is 0 Å². The van der Waals surface area contributed by atoms with Gasteiger partial charge < -0.3 is 9.88 Å². The van der Waals surface area contributed by atoms with Gasteiger partial charge in [0.1, 0.15) is 0 Å². The molecule has 3 heterocycles. The highest BCUT2D eigenvalue weighted by Crippen LogP contribution is 2.38. The molecule has 1 N–H and O–H groups in total. The normalized spacial score (nSPS) is 25.2. The number of thiophene rings is 1. The van der Waals surface area contributed by atoms with Crippen molar-refractivity contribution in [3.05, 3.63) is 16.5 Å². The van der Waals surface area contributed by atoms with E-state index in [9.17, 15) is 13.2 Å². The van der Waals surface area contributed by atoms with Gasteiger partial charge in [0.15, 0.2) is 20.8 Å². The second kappa shape index (κ2) is 8.27. The summed E-state index contributed by atoms with van der Waals surface area (Å²) < 4.78 is 25.4. The second-order valence-electron chi connectivity index (χ2n) is 8.68. The van der Waals surface area contributed by atoms with Crippen LogP contribution in [0.25, 0.3) is 10.7 Å². The molecule has 0 bridgehead atoms. The lowest BCUT2D eigenvalue weighted by Crippen LogP contribution is -2.47. The number of nitrogens with one attached hydrogen (secondary N) is 1. The number of hydrogen-bond acceptors (Lipinski definition) is 7. The standard InChI is InChI=1S/C20H28N4O3S3/c1-4-13-5-6-15-14(9-13)10-16(29-15)18-22-23-19(24(18)3)28-11-17(25)21-20(2)7-8-30(26,27)12-20/h10,13H,4-9,11-12H2,1-3H3,(H,21,25)/t13-,20-/m1/s1. The lowest BCUT2D eigenvalue weighted by atomic mass is 9.87. The summed E-state index contributed by atoms with van der Waals surface area (Å²) in [4.78, 5) is 15.0. The zero-order valence-corrected chi connectivity index (χ0v) is 20.1. The lowest BCUT2D eigenvalue weighted by Gasteiger charge is -2.23. The molecule has 0 radical (unpaired) electrons. The Morgan fingerprint density at radius 2 is 2.23 bits per heavy atom. The summed E-state index contributed by atoms with van der Waals surface area (Å²) in [5.74, 6) is 1.75. The van der Waals surface area contributed by atoms with E-state index < -0.39 is 15.4 Å². The Morgan fingerprint density at radius 3 is 2.93 bits per heavy atom. The van der Waals surface area contributed by atoms with Crippen molar-refractivity contribution < 1.29 is 13.2 Å². The Bertz CT molecular complexity index is 1060. The number of amides is 1. The molecule has 1 fully saturated rings. The van der Waals surface area contributed by atoms with Gasteiger partial charge in [0.2, 0.25) is 5.91 Å². The van der Waals surface area contributed by atoms with Gasteiger partial charge in [0.25, 0.3) is 0 Å². The highest BCUT2D eigenvalue weighted by atomic mass is 32.2. The summed E-state index contributed by atoms with van der Waals surface area (Å²) in [7, 11) is -1.13. The zero-order valence-electron chi connectivity index (χ0n) is 17.6. The van der Waals surface area contributed by atoms with Crippen LogP contribution in [-0.2, 0) is 34.5 Å². The van der Waals surface area contributed by atoms with E-state index in [-0.39, 0.29) is 23.2 Å². The number of aryl methyl sites for hydroxylation is 1. The number of aromatic nitrogens is 3. The molecule has 4 rings (SSSR count). The monoisotopic (exact) mass is 468 g/mol. The van der Waals surface area contributed by atoms with E-state index in [2.05, 4.69) is 28.5 Å². The molecule has 1 amide bonds. The number of sulfone groups is 1. The van der Waals surface area contributed by atoms with Gasteiger partial charge in [-0.05, 0) is 50.2 Å². The number of fused-ring (bicyclic) bond motifs is 1. The molecule has 1 aliphatic heterocycles. The van der Waals surface area contributed by atoms with Crippen molar-refractivity contribution in [2.24, 2.45) is 13.0 Å². The summed E-state index contributed by atoms with van der Waals surface area (Å²) in [6.07, 6.45) is 5.24. The van der Waals surface area contributed by atoms with E-state index in [4.69, 9.17) is 0 Å². The molecule has 0 unspecified atom stereocenters. The van der Waals surface area contributed by atoms with E-state index in [1.807, 2.05) is 11.6 Å². The number of nitrogens with zero attached hydrogens (tertiary/aromatic N) is 3. The van der Waals surface area contributed by atoms with Gasteiger partial charge in [-0.1, -0.05) is 25.1 Å². The van der Waals surface area contributed by atoms with E-state index >= 15 is 0 Å². The summed E-state index contributed by atoms with van der Waals surface area (Å²) >= 11 is 3.13. The van der Waals surface area contributed by atoms with Gasteiger partial charge in [-0.3, -0.25) is 4.79 Å². The molecule has 2 aromatic heterocycles. The molecule has 1 aliphatic carbocycles. The molecule has 2 aliphatic rings. The minimum atomic E-state index is -3.05. The molecule has 0 spiro atoms. The van der Waals surface area contributed by atoms with Crippen molar-refractivity contribution in [3.8, 4) is 10.7 Å². The van der Waals surface area contributed by atoms with Crippen molar-refractivity contribution >= 4 is 38.8 Å². The zero-order chi connectivity index (χ0) is 21.5. The topological polar surface area (TPSA) is 94.0 Å². The van der Waals surface area contributed by atoms with E-state index in [1.54, 1.807) is 18.3 Å². The Morgan fingerprint density at radius 1 is 1.43 bits per heavy atom. The first-order chi connectivity index (χ1) is 14.2. The fraction of sp³-hybridized carbons (Fsp3) is 0.650. The van der Waals surface area contributed by atoms with Gasteiger partial charge >= 0.3 is 0 Å². The summed E-state index contributed by atoms with van der Waals surface area (Å²) in [5.41, 5.74) is 0.776. The average molecular weight is 469 g/mol. The van der Waals surface area contributed by atoms with Crippen LogP contribution in [0.15, 0.2) is 11.2 Å². The second-order valence-corrected chi connectivity index (χ2v) is 12.9. The number of rotatable bonds is 6. The lowest BCUT2D eigenvalue weighted by molar-refractivity contribution is -0.120. The third kappa shape index (κ3) is 4.60. The fourth-order valence-corrected chi connectivity index (χ4v) is 8.36. The van der Waals surface area contributed by atoms with Crippen LogP contribution < -0.4 is 5.32 Å². The highest BCUT2D eigenvalue weighted by Gasteiger charge is 2.39. The van der Waals surface area contributed by atoms with Crippen LogP contribution in [-0.4, -0.2) is 51.9 Å². The van der Waals surface area contributed by atoms with E-state index in [1.165, 1.54) is 35.0 Å². The van der Waals surface area contributed by atoms with Crippen molar-refractivity contribution in [2.75, 3.05) is 17.3 Å². The fourth-order valence-electron chi connectivity index (χ4n) is 4.32. The SMILES string of the molecule is CC[C@@H]1CCc2sc(-c3nnc(SCC(=O)N[C@]4(C)CCS(=O)(=O)C4)n3C)cc2C1. The van der Waals surface area contributed by atoms with E-state index in [0.29, 0.717) is 11.6 Å². The maximum atomic E-state index is 12.4. The van der Waals surface area contributed by atoms with Gasteiger partial charge in [-0.2, -0.15) is 0 Å². The number of carbonyl (C=O) groups excluding carboxylic acids is 1. The van der Waals surface area contributed by atoms with Crippen molar-refractivity contribution in [1.29, 1.82) is 0 Å². The van der Waals surface area contributed by atoms with Crippen molar-refractivity contribution in [3.63, 3.8) is 0 Å². The van der Waals surface area contributed by atoms with Gasteiger partial charge in [0, 0.05) is 11.9 Å². The molecule has 7 nitrogen and oxygen atoms in total. The number of hydrogen-bond donors (Lipinski definition) is 1. The molecular weight excluding hydrogens is 440 g/mol. The van der Waals surface area contributed by atoms with Gasteiger partial charge in [-0.15, -0.1) is 21.5 Å². The summed E-state index contributed by atoms with van der Waals surface area (Å²) in [6.45, 7) is 4.06. The molecule has 10 heteroatoms. The number of carbonyl (C=O) groups is 1. The van der Waals surface area contributed by atoms with Crippen molar-refractivity contribution in [1.82, 2.24) is 20.1 Å². The molecule has 2 atom stereocenters. The van der Waals surface area contributed by atoms with Crippen LogP contribution in [0.1, 0.15) is 43.6 Å². The van der Waals surface area contributed by atoms with Crippen LogP contribution in [0, 0.1) is 5.92 Å². The first kappa shape index (κ1) is 21.8. The Kier molecular flexibility index (Phi) is 6.02. The minimum Gasteiger partial charge on any atom is -0.349 e. The third-order valence-corrected chi connectivity index (χ3v) is 10.3. The van der Waals surface area contributed by atoms with Crippen LogP contribution in [0.5, 0.6) is 0 Å².